The van der Waals surface area contributed by atoms with E-state index in [1.807, 2.05) is 0 Å². The number of aromatic amines is 1. The second-order valence-electron chi connectivity index (χ2n) is 5.27. The van der Waals surface area contributed by atoms with Gasteiger partial charge in [-0.05, 0) is 0 Å². The number of aliphatic hydroxyl groups excluding tert-OH is 1. The molecule has 3 unspecified atom stereocenters. The minimum absolute atomic E-state index is 0.0569. The van der Waals surface area contributed by atoms with Gasteiger partial charge in [0.1, 0.15) is 38.1 Å². The zero-order valence-corrected chi connectivity index (χ0v) is 12.4. The summed E-state index contributed by atoms with van der Waals surface area (Å²) >= 11 is 0. The maximum absolute atomic E-state index is 11.7. The second kappa shape index (κ2) is 6.76. The van der Waals surface area contributed by atoms with Crippen LogP contribution in [0.5, 0.6) is 0 Å². The molecule has 0 aromatic carbocycles. The molecular weight excluding hydrogens is 322 g/mol. The van der Waals surface area contributed by atoms with Crippen molar-refractivity contribution in [1.29, 1.82) is 0 Å². The number of esters is 1. The van der Waals surface area contributed by atoms with Crippen molar-refractivity contribution >= 4 is 5.97 Å². The van der Waals surface area contributed by atoms with Gasteiger partial charge in [0.25, 0.3) is 5.56 Å². The van der Waals surface area contributed by atoms with Crippen molar-refractivity contribution < 1.29 is 19.4 Å². The molecule has 24 heavy (non-hydrogen) atoms. The normalized spacial score (nSPS) is 23.3. The first-order valence-electron chi connectivity index (χ1n) is 7.16. The van der Waals surface area contributed by atoms with Gasteiger partial charge in [-0.2, -0.15) is 0 Å². The largest absolute Gasteiger partial charge is 0.461 e. The van der Waals surface area contributed by atoms with E-state index in [-0.39, 0.29) is 19.6 Å². The highest BCUT2D eigenvalue weighted by atomic mass is 16.6. The summed E-state index contributed by atoms with van der Waals surface area (Å²) in [6.45, 7) is -0.213. The number of carbonyl (C=O) groups excluding carboxylic acids is 1. The predicted molar refractivity (Wildman–Crippen MR) is 76.8 cm³/mol. The van der Waals surface area contributed by atoms with Gasteiger partial charge >= 0.3 is 11.7 Å². The number of rotatable bonds is 5. The van der Waals surface area contributed by atoms with Crippen molar-refractivity contribution in [2.45, 2.75) is 31.4 Å². The quantitative estimate of drug-likeness (QED) is 0.598. The molecule has 128 valence electrons. The van der Waals surface area contributed by atoms with E-state index in [4.69, 9.17) is 9.47 Å². The molecule has 0 radical (unpaired) electrons. The van der Waals surface area contributed by atoms with Gasteiger partial charge in [-0.1, -0.05) is 0 Å². The van der Waals surface area contributed by atoms with Crippen molar-refractivity contribution in [3.05, 3.63) is 45.8 Å². The number of nitrogens with one attached hydrogen (secondary N) is 1. The first kappa shape index (κ1) is 16.1. The molecule has 0 bridgehead atoms. The topological polar surface area (TPSA) is 141 Å². The molecule has 0 aliphatic carbocycles. The highest BCUT2D eigenvalue weighted by molar-refractivity contribution is 5.69. The van der Waals surface area contributed by atoms with E-state index in [0.29, 0.717) is 0 Å². The zero-order valence-electron chi connectivity index (χ0n) is 12.4. The van der Waals surface area contributed by atoms with Crippen molar-refractivity contribution in [2.24, 2.45) is 0 Å². The van der Waals surface area contributed by atoms with Crippen LogP contribution < -0.4 is 11.2 Å². The Morgan fingerprint density at radius 1 is 1.42 bits per heavy atom. The number of H-pyrrole nitrogens is 1. The third-order valence-corrected chi connectivity index (χ3v) is 3.55. The van der Waals surface area contributed by atoms with Gasteiger partial charge in [0.2, 0.25) is 0 Å². The first-order chi connectivity index (χ1) is 11.5. The summed E-state index contributed by atoms with van der Waals surface area (Å²) in [7, 11) is 0. The van der Waals surface area contributed by atoms with Gasteiger partial charge in [-0.25, -0.2) is 4.79 Å². The van der Waals surface area contributed by atoms with Gasteiger partial charge in [0.15, 0.2) is 0 Å². The fourth-order valence-electron chi connectivity index (χ4n) is 2.36. The predicted octanol–water partition coefficient (Wildman–Crippen LogP) is -1.98. The number of ether oxygens (including phenoxy) is 2. The fourth-order valence-corrected chi connectivity index (χ4v) is 2.36. The third kappa shape index (κ3) is 3.58. The first-order valence-corrected chi connectivity index (χ1v) is 7.16. The average Bonchev–Trinajstić information content (AvgIpc) is 3.15. The van der Waals surface area contributed by atoms with Gasteiger partial charge in [0.05, 0.1) is 6.10 Å². The second-order valence-corrected chi connectivity index (χ2v) is 5.27. The van der Waals surface area contributed by atoms with E-state index >= 15 is 0 Å². The number of aliphatic hydroxyl groups is 1. The maximum atomic E-state index is 11.7. The summed E-state index contributed by atoms with van der Waals surface area (Å²) < 4.78 is 13.2. The number of hydrogen-bond donors (Lipinski definition) is 2. The van der Waals surface area contributed by atoms with Crippen LogP contribution in [0.25, 0.3) is 0 Å². The van der Waals surface area contributed by atoms with Crippen LogP contribution in [-0.4, -0.2) is 54.2 Å². The Hall–Kier alpha value is -2.79. The Labute approximate surface area is 134 Å². The van der Waals surface area contributed by atoms with E-state index in [2.05, 4.69) is 15.2 Å². The summed E-state index contributed by atoms with van der Waals surface area (Å²) in [6, 6.07) is 1.18. The summed E-state index contributed by atoms with van der Waals surface area (Å²) in [5, 5.41) is 17.1. The molecular formula is C13H15N5O6. The van der Waals surface area contributed by atoms with Gasteiger partial charge in [-0.3, -0.25) is 19.1 Å². The van der Waals surface area contributed by atoms with E-state index in [1.54, 1.807) is 0 Å². The molecule has 3 rings (SSSR count). The summed E-state index contributed by atoms with van der Waals surface area (Å²) in [4.78, 5) is 36.6. The lowest BCUT2D eigenvalue weighted by Gasteiger charge is -2.16. The van der Waals surface area contributed by atoms with Crippen LogP contribution in [0.4, 0.5) is 0 Å². The SMILES string of the molecule is O=C(Cn1cnnc1)OCC1OC(n2ccc(=O)[nH]c2=O)CC1O. The molecule has 11 nitrogen and oxygen atoms in total. The van der Waals surface area contributed by atoms with Crippen LogP contribution in [0.2, 0.25) is 0 Å². The molecule has 0 spiro atoms. The number of aromatic nitrogens is 5. The molecule has 0 saturated carbocycles. The molecule has 2 aromatic heterocycles. The van der Waals surface area contributed by atoms with Gasteiger partial charge in [0, 0.05) is 18.7 Å². The van der Waals surface area contributed by atoms with E-state index in [1.165, 1.54) is 34.1 Å². The molecule has 2 aromatic rings. The molecule has 3 heterocycles. The standard InChI is InChI=1S/C13H15N5O6/c19-8-3-11(18-2-1-10(20)16-13(18)22)24-9(8)5-23-12(21)4-17-6-14-15-7-17/h1-2,6-9,11,19H,3-5H2,(H,16,20,22). The lowest BCUT2D eigenvalue weighted by Crippen LogP contribution is -2.32. The molecule has 11 heteroatoms. The van der Waals surface area contributed by atoms with Crippen molar-refractivity contribution in [3.8, 4) is 0 Å². The lowest BCUT2D eigenvalue weighted by atomic mass is 10.2. The average molecular weight is 337 g/mol. The van der Waals surface area contributed by atoms with Crippen molar-refractivity contribution in [2.75, 3.05) is 6.61 Å². The van der Waals surface area contributed by atoms with Crippen molar-refractivity contribution in [1.82, 2.24) is 24.3 Å². The Balaban J connectivity index is 1.57. The van der Waals surface area contributed by atoms with Gasteiger partial charge < -0.3 is 19.1 Å². The molecule has 1 aliphatic heterocycles. The number of nitrogens with zero attached hydrogens (tertiary/aromatic N) is 4. The highest BCUT2D eigenvalue weighted by Crippen LogP contribution is 2.27. The lowest BCUT2D eigenvalue weighted by molar-refractivity contribution is -0.150. The Kier molecular flexibility index (Phi) is 4.53. The van der Waals surface area contributed by atoms with Crippen molar-refractivity contribution in [3.63, 3.8) is 0 Å². The van der Waals surface area contributed by atoms with Gasteiger partial charge in [-0.15, -0.1) is 10.2 Å². The summed E-state index contributed by atoms with van der Waals surface area (Å²) in [6.07, 6.45) is 1.77. The zero-order chi connectivity index (χ0) is 17.1. The summed E-state index contributed by atoms with van der Waals surface area (Å²) in [5.41, 5.74) is -1.15. The minimum atomic E-state index is -0.906. The molecule has 2 N–H and O–H groups in total. The Morgan fingerprint density at radius 2 is 2.17 bits per heavy atom. The number of hydrogen-bond acceptors (Lipinski definition) is 8. The van der Waals surface area contributed by atoms with Crippen LogP contribution in [0.1, 0.15) is 12.6 Å². The van der Waals surface area contributed by atoms with Crippen LogP contribution in [0.3, 0.4) is 0 Å². The van der Waals surface area contributed by atoms with Crippen LogP contribution in [0.15, 0.2) is 34.5 Å². The molecule has 0 amide bonds. The molecule has 3 atom stereocenters. The van der Waals surface area contributed by atoms with Crippen LogP contribution >= 0.6 is 0 Å². The Morgan fingerprint density at radius 3 is 2.88 bits per heavy atom. The Bertz CT molecular complexity index is 813. The summed E-state index contributed by atoms with van der Waals surface area (Å²) in [5.74, 6) is -0.532. The highest BCUT2D eigenvalue weighted by Gasteiger charge is 2.36. The molecule has 1 aliphatic rings. The smallest absolute Gasteiger partial charge is 0.330 e. The van der Waals surface area contributed by atoms with E-state index in [0.717, 1.165) is 0 Å². The molecule has 1 fully saturated rings. The molecule has 1 saturated heterocycles. The third-order valence-electron chi connectivity index (χ3n) is 3.55. The monoisotopic (exact) mass is 337 g/mol. The van der Waals surface area contributed by atoms with Crippen LogP contribution in [0, 0.1) is 0 Å². The van der Waals surface area contributed by atoms with E-state index < -0.39 is 35.7 Å². The minimum Gasteiger partial charge on any atom is -0.461 e. The van der Waals surface area contributed by atoms with Crippen LogP contribution in [-0.2, 0) is 20.8 Å². The number of carbonyl (C=O) groups is 1. The fraction of sp³-hybridized carbons (Fsp3) is 0.462. The van der Waals surface area contributed by atoms with E-state index in [9.17, 15) is 19.5 Å². The maximum Gasteiger partial charge on any atom is 0.330 e.